The fourth-order valence-corrected chi connectivity index (χ4v) is 3.57. The zero-order chi connectivity index (χ0) is 19.4. The van der Waals surface area contributed by atoms with Crippen LogP contribution in [0.5, 0.6) is 11.5 Å². The number of ether oxygens (including phenoxy) is 1. The van der Waals surface area contributed by atoms with Crippen molar-refractivity contribution < 1.29 is 19.4 Å². The van der Waals surface area contributed by atoms with Gasteiger partial charge in [0, 0.05) is 16.8 Å². The molecule has 0 aliphatic carbocycles. The molecule has 0 aliphatic heterocycles. The Morgan fingerprint density at radius 3 is 2.74 bits per heavy atom. The monoisotopic (exact) mass is 384 g/mol. The number of fused-ring (bicyclic) bond motifs is 1. The molecule has 0 aliphatic rings. The molecule has 1 aromatic heterocycles. The summed E-state index contributed by atoms with van der Waals surface area (Å²) in [5, 5.41) is 13.8. The molecule has 2 aromatic carbocycles. The fraction of sp³-hybridized carbons (Fsp3) is 0.200. The highest BCUT2D eigenvalue weighted by Gasteiger charge is 2.10. The van der Waals surface area contributed by atoms with Crippen LogP contribution < -0.4 is 15.8 Å². The number of hydrogen-bond acceptors (Lipinski definition) is 5. The predicted octanol–water partition coefficient (Wildman–Crippen LogP) is 3.21. The first-order valence-corrected chi connectivity index (χ1v) is 9.30. The van der Waals surface area contributed by atoms with Crippen LogP contribution in [0.15, 0.2) is 42.5 Å². The van der Waals surface area contributed by atoms with Crippen molar-refractivity contribution >= 4 is 33.2 Å². The molecule has 27 heavy (non-hydrogen) atoms. The highest BCUT2D eigenvalue weighted by Crippen LogP contribution is 2.27. The quantitative estimate of drug-likeness (QED) is 0.544. The normalized spacial score (nSPS) is 10.7. The van der Waals surface area contributed by atoms with Gasteiger partial charge < -0.3 is 20.9 Å². The van der Waals surface area contributed by atoms with E-state index in [1.807, 2.05) is 25.1 Å². The van der Waals surface area contributed by atoms with E-state index in [1.54, 1.807) is 0 Å². The van der Waals surface area contributed by atoms with E-state index in [-0.39, 0.29) is 23.0 Å². The number of hydrogen-bond donors (Lipinski definition) is 3. The second-order valence-electron chi connectivity index (χ2n) is 6.16. The number of aromatic hydroxyl groups is 1. The number of primary amides is 1. The average Bonchev–Trinajstić information content (AvgIpc) is 3.05. The number of carbonyl (C=O) groups is 2. The maximum absolute atomic E-state index is 12.3. The Labute approximate surface area is 160 Å². The van der Waals surface area contributed by atoms with Gasteiger partial charge in [-0.25, -0.2) is 0 Å². The minimum absolute atomic E-state index is 0.109. The summed E-state index contributed by atoms with van der Waals surface area (Å²) in [6.07, 6.45) is 0.576. The summed E-state index contributed by atoms with van der Waals surface area (Å²) in [6, 6.07) is 12.3. The topological polar surface area (TPSA) is 102 Å². The summed E-state index contributed by atoms with van der Waals surface area (Å²) in [6.45, 7) is 2.79. The molecule has 0 fully saturated rings. The van der Waals surface area contributed by atoms with Crippen molar-refractivity contribution in [3.8, 4) is 11.5 Å². The number of aryl methyl sites for hydroxylation is 1. The minimum atomic E-state index is -0.615. The molecule has 140 valence electrons. The molecular formula is C20H20N2O4S. The lowest BCUT2D eigenvalue weighted by Crippen LogP contribution is -2.24. The van der Waals surface area contributed by atoms with E-state index in [0.29, 0.717) is 24.4 Å². The molecule has 0 unspecified atom stereocenters. The van der Waals surface area contributed by atoms with Gasteiger partial charge in [0.05, 0.1) is 11.5 Å². The maximum Gasteiger partial charge on any atom is 0.261 e. The first-order chi connectivity index (χ1) is 12.9. The fourth-order valence-electron chi connectivity index (χ4n) is 2.61. The second kappa shape index (κ2) is 8.09. The molecule has 7 heteroatoms. The van der Waals surface area contributed by atoms with Gasteiger partial charge in [0.25, 0.3) is 5.91 Å². The highest BCUT2D eigenvalue weighted by atomic mass is 32.1. The lowest BCUT2D eigenvalue weighted by atomic mass is 10.2. The number of nitrogens with one attached hydrogen (secondary N) is 1. The van der Waals surface area contributed by atoms with Gasteiger partial charge in [0.2, 0.25) is 5.91 Å². The second-order valence-corrected chi connectivity index (χ2v) is 7.24. The molecule has 4 N–H and O–H groups in total. The molecule has 0 bridgehead atoms. The third-order valence-corrected chi connectivity index (χ3v) is 5.12. The van der Waals surface area contributed by atoms with Crippen molar-refractivity contribution in [2.24, 2.45) is 5.73 Å². The Morgan fingerprint density at radius 2 is 2.00 bits per heavy atom. The Bertz CT molecular complexity index is 997. The number of carbonyl (C=O) groups excluding carboxylic acids is 2. The van der Waals surface area contributed by atoms with Crippen LogP contribution in [0.3, 0.4) is 0 Å². The van der Waals surface area contributed by atoms with Gasteiger partial charge in [-0.3, -0.25) is 9.59 Å². The molecule has 0 saturated carbocycles. The average molecular weight is 384 g/mol. The smallest absolute Gasteiger partial charge is 0.261 e. The maximum atomic E-state index is 12.3. The Hall–Kier alpha value is -3.06. The van der Waals surface area contributed by atoms with E-state index in [4.69, 9.17) is 10.5 Å². The Balaban J connectivity index is 1.47. The van der Waals surface area contributed by atoms with Crippen molar-refractivity contribution in [2.75, 3.05) is 13.2 Å². The van der Waals surface area contributed by atoms with Gasteiger partial charge in [-0.1, -0.05) is 17.7 Å². The molecule has 0 radical (unpaired) electrons. The summed E-state index contributed by atoms with van der Waals surface area (Å²) >= 11 is 1.47. The molecule has 3 rings (SSSR count). The molecule has 0 spiro atoms. The number of amides is 2. The summed E-state index contributed by atoms with van der Waals surface area (Å²) in [5.74, 6) is -0.597. The van der Waals surface area contributed by atoms with Crippen molar-refractivity contribution in [1.29, 1.82) is 0 Å². The lowest BCUT2D eigenvalue weighted by molar-refractivity contribution is 0.0954. The number of phenolic OH excluding ortho intramolecular Hbond substituents is 1. The molecule has 2 amide bonds. The van der Waals surface area contributed by atoms with E-state index in [2.05, 4.69) is 11.4 Å². The largest absolute Gasteiger partial charge is 0.504 e. The van der Waals surface area contributed by atoms with Gasteiger partial charge >= 0.3 is 0 Å². The van der Waals surface area contributed by atoms with Gasteiger partial charge in [-0.15, -0.1) is 11.3 Å². The van der Waals surface area contributed by atoms with E-state index < -0.39 is 5.91 Å². The van der Waals surface area contributed by atoms with Gasteiger partial charge in [-0.05, 0) is 49.1 Å². The van der Waals surface area contributed by atoms with Crippen molar-refractivity contribution in [3.05, 3.63) is 58.5 Å². The lowest BCUT2D eigenvalue weighted by Gasteiger charge is -2.09. The van der Waals surface area contributed by atoms with E-state index in [1.165, 1.54) is 29.5 Å². The van der Waals surface area contributed by atoms with E-state index in [9.17, 15) is 14.7 Å². The number of phenols is 1. The molecule has 0 atom stereocenters. The summed E-state index contributed by atoms with van der Waals surface area (Å²) in [7, 11) is 0. The molecule has 0 saturated heterocycles. The van der Waals surface area contributed by atoms with Crippen LogP contribution in [0.4, 0.5) is 0 Å². The van der Waals surface area contributed by atoms with Gasteiger partial charge in [0.15, 0.2) is 11.5 Å². The third-order valence-electron chi connectivity index (χ3n) is 4.00. The number of benzene rings is 2. The number of rotatable bonds is 7. The van der Waals surface area contributed by atoms with Gasteiger partial charge in [0.1, 0.15) is 0 Å². The van der Waals surface area contributed by atoms with Crippen LogP contribution in [0.1, 0.15) is 32.0 Å². The van der Waals surface area contributed by atoms with Crippen molar-refractivity contribution in [3.63, 3.8) is 0 Å². The standard InChI is InChI=1S/C20H20N2O4S/c1-12-3-6-17-14(9-12)11-18(27-17)20(25)22-7-2-8-26-16-5-4-13(19(21)24)10-15(16)23/h3-6,9-11,23H,2,7-8H2,1H3,(H2,21,24)(H,22,25). The minimum Gasteiger partial charge on any atom is -0.504 e. The Morgan fingerprint density at radius 1 is 1.19 bits per heavy atom. The van der Waals surface area contributed by atoms with Crippen LogP contribution in [-0.2, 0) is 0 Å². The van der Waals surface area contributed by atoms with Gasteiger partial charge in [-0.2, -0.15) is 0 Å². The SMILES string of the molecule is Cc1ccc2sc(C(=O)NCCCOc3ccc(C(N)=O)cc3O)cc2c1. The van der Waals surface area contributed by atoms with Crippen LogP contribution in [-0.4, -0.2) is 30.1 Å². The molecule has 1 heterocycles. The Kier molecular flexibility index (Phi) is 5.61. The van der Waals surface area contributed by atoms with Crippen LogP contribution in [0, 0.1) is 6.92 Å². The van der Waals surface area contributed by atoms with Crippen molar-refractivity contribution in [2.45, 2.75) is 13.3 Å². The number of nitrogens with two attached hydrogens (primary N) is 1. The van der Waals surface area contributed by atoms with Crippen LogP contribution >= 0.6 is 11.3 Å². The zero-order valence-electron chi connectivity index (χ0n) is 14.8. The van der Waals surface area contributed by atoms with E-state index in [0.717, 1.165) is 15.6 Å². The summed E-state index contributed by atoms with van der Waals surface area (Å²) in [4.78, 5) is 24.0. The third kappa shape index (κ3) is 4.57. The summed E-state index contributed by atoms with van der Waals surface area (Å²) < 4.78 is 6.56. The van der Waals surface area contributed by atoms with Crippen LogP contribution in [0.25, 0.3) is 10.1 Å². The zero-order valence-corrected chi connectivity index (χ0v) is 15.6. The van der Waals surface area contributed by atoms with Crippen molar-refractivity contribution in [1.82, 2.24) is 5.32 Å². The molecule has 3 aromatic rings. The summed E-state index contributed by atoms with van der Waals surface area (Å²) in [5.41, 5.74) is 6.53. The molecular weight excluding hydrogens is 364 g/mol. The number of thiophene rings is 1. The molecule has 6 nitrogen and oxygen atoms in total. The first kappa shape index (κ1) is 18.7. The van der Waals surface area contributed by atoms with Crippen LogP contribution in [0.2, 0.25) is 0 Å². The first-order valence-electron chi connectivity index (χ1n) is 8.48. The predicted molar refractivity (Wildman–Crippen MR) is 106 cm³/mol. The van der Waals surface area contributed by atoms with E-state index >= 15 is 0 Å². The highest BCUT2D eigenvalue weighted by molar-refractivity contribution is 7.20.